The van der Waals surface area contributed by atoms with E-state index >= 15 is 0 Å². The van der Waals surface area contributed by atoms with Crippen molar-refractivity contribution in [3.63, 3.8) is 0 Å². The Morgan fingerprint density at radius 1 is 1.33 bits per heavy atom. The Bertz CT molecular complexity index is 505. The molecule has 0 aliphatic rings. The summed E-state index contributed by atoms with van der Waals surface area (Å²) in [7, 11) is 0. The second-order valence-corrected chi connectivity index (χ2v) is 4.36. The Hall–Kier alpha value is -0.750. The Balaban J connectivity index is 2.50. The van der Waals surface area contributed by atoms with Crippen LogP contribution in [-0.2, 0) is 0 Å². The van der Waals surface area contributed by atoms with Gasteiger partial charge in [-0.25, -0.2) is 14.4 Å². The highest BCUT2D eigenvalue weighted by Gasteiger charge is 2.05. The lowest BCUT2D eigenvalue weighted by atomic mass is 10.2. The fourth-order valence-electron chi connectivity index (χ4n) is 1.11. The van der Waals surface area contributed by atoms with E-state index in [9.17, 15) is 4.39 Å². The van der Waals surface area contributed by atoms with Crippen molar-refractivity contribution in [2.45, 2.75) is 0 Å². The number of benzene rings is 1. The van der Waals surface area contributed by atoms with Crippen LogP contribution in [0.5, 0.6) is 0 Å². The van der Waals surface area contributed by atoms with Crippen LogP contribution in [0.3, 0.4) is 0 Å². The van der Waals surface area contributed by atoms with Crippen molar-refractivity contribution in [3.05, 3.63) is 45.0 Å². The Morgan fingerprint density at radius 3 is 2.80 bits per heavy atom. The molecule has 0 atom stereocenters. The maximum absolute atomic E-state index is 12.9. The third-order valence-corrected chi connectivity index (χ3v) is 3.18. The van der Waals surface area contributed by atoms with Gasteiger partial charge in [-0.15, -0.1) is 0 Å². The highest BCUT2D eigenvalue weighted by atomic mass is 127. The minimum atomic E-state index is -0.314. The van der Waals surface area contributed by atoms with Crippen molar-refractivity contribution in [3.8, 4) is 11.4 Å². The summed E-state index contributed by atoms with van der Waals surface area (Å²) < 4.78 is 13.7. The molecule has 0 spiro atoms. The molecule has 2 nitrogen and oxygen atoms in total. The van der Waals surface area contributed by atoms with Crippen molar-refractivity contribution in [2.75, 3.05) is 0 Å². The van der Waals surface area contributed by atoms with E-state index in [1.807, 2.05) is 22.6 Å². The predicted octanol–water partition coefficient (Wildman–Crippen LogP) is 3.54. The maximum Gasteiger partial charge on any atom is 0.161 e. The molecule has 0 aliphatic heterocycles. The fraction of sp³-hybridized carbons (Fsp3) is 0. The Kier molecular flexibility index (Phi) is 3.16. The molecule has 76 valence electrons. The average molecular weight is 335 g/mol. The summed E-state index contributed by atoms with van der Waals surface area (Å²) in [6.45, 7) is 0. The highest BCUT2D eigenvalue weighted by molar-refractivity contribution is 14.1. The van der Waals surface area contributed by atoms with Crippen LogP contribution in [0.15, 0.2) is 30.5 Å². The van der Waals surface area contributed by atoms with Gasteiger partial charge in [0, 0.05) is 11.8 Å². The van der Waals surface area contributed by atoms with Crippen LogP contribution in [-0.4, -0.2) is 9.97 Å². The molecule has 2 aromatic rings. The van der Waals surface area contributed by atoms with Crippen LogP contribution >= 0.6 is 34.2 Å². The van der Waals surface area contributed by atoms with Crippen molar-refractivity contribution in [1.82, 2.24) is 9.97 Å². The molecule has 5 heteroatoms. The van der Waals surface area contributed by atoms with Crippen molar-refractivity contribution in [1.29, 1.82) is 0 Å². The minimum absolute atomic E-state index is 0.314. The lowest BCUT2D eigenvalue weighted by Gasteiger charge is -2.01. The van der Waals surface area contributed by atoms with Crippen molar-refractivity contribution < 1.29 is 4.39 Å². The summed E-state index contributed by atoms with van der Waals surface area (Å²) in [5.74, 6) is 0.116. The number of rotatable bonds is 1. The zero-order chi connectivity index (χ0) is 10.8. The lowest BCUT2D eigenvalue weighted by molar-refractivity contribution is 0.628. The summed E-state index contributed by atoms with van der Waals surface area (Å²) in [4.78, 5) is 8.14. The fourth-order valence-corrected chi connectivity index (χ4v) is 1.50. The van der Waals surface area contributed by atoms with E-state index in [-0.39, 0.29) is 5.82 Å². The Labute approximate surface area is 105 Å². The quantitative estimate of drug-likeness (QED) is 0.589. The molecule has 15 heavy (non-hydrogen) atoms. The third kappa shape index (κ3) is 2.43. The molecular formula is C10H5ClFIN2. The van der Waals surface area contributed by atoms with Gasteiger partial charge in [-0.1, -0.05) is 23.7 Å². The molecule has 0 bridgehead atoms. The number of halogens is 3. The normalized spacial score (nSPS) is 10.3. The molecule has 1 heterocycles. The van der Waals surface area contributed by atoms with E-state index in [1.54, 1.807) is 18.3 Å². The predicted molar refractivity (Wildman–Crippen MR) is 65.2 cm³/mol. The van der Waals surface area contributed by atoms with Gasteiger partial charge < -0.3 is 0 Å². The summed E-state index contributed by atoms with van der Waals surface area (Å²) in [5.41, 5.74) is 0.619. The zero-order valence-electron chi connectivity index (χ0n) is 7.42. The third-order valence-electron chi connectivity index (χ3n) is 1.78. The van der Waals surface area contributed by atoms with Gasteiger partial charge in [0.1, 0.15) is 11.0 Å². The number of hydrogen-bond donors (Lipinski definition) is 0. The first kappa shape index (κ1) is 10.8. The molecule has 0 fully saturated rings. The van der Waals surface area contributed by atoms with Crippen LogP contribution in [0.1, 0.15) is 0 Å². The SMILES string of the molecule is Fc1cccc(-c2ncc(I)c(Cl)n2)c1. The van der Waals surface area contributed by atoms with E-state index in [2.05, 4.69) is 9.97 Å². The molecule has 0 unspecified atom stereocenters. The topological polar surface area (TPSA) is 25.8 Å². The molecule has 0 amide bonds. The van der Waals surface area contributed by atoms with Gasteiger partial charge in [0.25, 0.3) is 0 Å². The van der Waals surface area contributed by atoms with Crippen LogP contribution in [0.4, 0.5) is 4.39 Å². The lowest BCUT2D eigenvalue weighted by Crippen LogP contribution is -1.91. The first-order valence-electron chi connectivity index (χ1n) is 4.11. The van der Waals surface area contributed by atoms with E-state index in [0.29, 0.717) is 16.5 Å². The molecule has 0 saturated heterocycles. The van der Waals surface area contributed by atoms with Gasteiger partial charge >= 0.3 is 0 Å². The van der Waals surface area contributed by atoms with Gasteiger partial charge in [0.15, 0.2) is 5.82 Å². The van der Waals surface area contributed by atoms with Crippen LogP contribution in [0.25, 0.3) is 11.4 Å². The number of hydrogen-bond acceptors (Lipinski definition) is 2. The molecule has 0 radical (unpaired) electrons. The monoisotopic (exact) mass is 334 g/mol. The van der Waals surface area contributed by atoms with Gasteiger partial charge in [-0.2, -0.15) is 0 Å². The highest BCUT2D eigenvalue weighted by Crippen LogP contribution is 2.20. The van der Waals surface area contributed by atoms with Crippen LogP contribution in [0, 0.1) is 9.39 Å². The number of aromatic nitrogens is 2. The molecule has 0 saturated carbocycles. The maximum atomic E-state index is 12.9. The van der Waals surface area contributed by atoms with E-state index in [1.165, 1.54) is 12.1 Å². The van der Waals surface area contributed by atoms with Crippen molar-refractivity contribution >= 4 is 34.2 Å². The molecule has 0 aliphatic carbocycles. The molecule has 2 rings (SSSR count). The van der Waals surface area contributed by atoms with Crippen LogP contribution < -0.4 is 0 Å². The zero-order valence-corrected chi connectivity index (χ0v) is 10.3. The number of nitrogens with zero attached hydrogens (tertiary/aromatic N) is 2. The second-order valence-electron chi connectivity index (χ2n) is 2.84. The second kappa shape index (κ2) is 4.40. The first-order valence-corrected chi connectivity index (χ1v) is 5.56. The summed E-state index contributed by atoms with van der Waals surface area (Å²) in [6, 6.07) is 6.10. The van der Waals surface area contributed by atoms with E-state index in [0.717, 1.165) is 3.57 Å². The van der Waals surface area contributed by atoms with Gasteiger partial charge in [-0.3, -0.25) is 0 Å². The molecular weight excluding hydrogens is 329 g/mol. The van der Waals surface area contributed by atoms with Gasteiger partial charge in [-0.05, 0) is 34.7 Å². The van der Waals surface area contributed by atoms with Gasteiger partial charge in [0.05, 0.1) is 3.57 Å². The van der Waals surface area contributed by atoms with Crippen LogP contribution in [0.2, 0.25) is 5.15 Å². The van der Waals surface area contributed by atoms with E-state index in [4.69, 9.17) is 11.6 Å². The minimum Gasteiger partial charge on any atom is -0.235 e. The standard InChI is InChI=1S/C10H5ClFIN2/c11-9-8(13)5-14-10(15-9)6-2-1-3-7(12)4-6/h1-5H. The average Bonchev–Trinajstić information content (AvgIpc) is 2.22. The molecule has 0 N–H and O–H groups in total. The summed E-state index contributed by atoms with van der Waals surface area (Å²) in [6.07, 6.45) is 1.61. The first-order chi connectivity index (χ1) is 7.16. The van der Waals surface area contributed by atoms with E-state index < -0.39 is 0 Å². The smallest absolute Gasteiger partial charge is 0.161 e. The Morgan fingerprint density at radius 2 is 2.13 bits per heavy atom. The summed E-state index contributed by atoms with van der Waals surface area (Å²) in [5, 5.41) is 0.380. The summed E-state index contributed by atoms with van der Waals surface area (Å²) >= 11 is 7.89. The molecule has 1 aromatic heterocycles. The van der Waals surface area contributed by atoms with Crippen molar-refractivity contribution in [2.24, 2.45) is 0 Å². The molecule has 1 aromatic carbocycles. The largest absolute Gasteiger partial charge is 0.235 e. The van der Waals surface area contributed by atoms with Gasteiger partial charge in [0.2, 0.25) is 0 Å².